The zero-order valence-corrected chi connectivity index (χ0v) is 33.2. The number of carboxylic acid groups (broad SMARTS) is 2. The molecule has 0 bridgehead atoms. The van der Waals surface area contributed by atoms with Crippen LogP contribution in [0, 0.1) is 5.92 Å². The van der Waals surface area contributed by atoms with Crippen LogP contribution in [0.25, 0.3) is 0 Å². The lowest BCUT2D eigenvalue weighted by Gasteiger charge is -2.33. The maximum Gasteiger partial charge on any atom is 0.339 e. The van der Waals surface area contributed by atoms with E-state index in [1.807, 2.05) is 6.07 Å². The van der Waals surface area contributed by atoms with Gasteiger partial charge in [0.15, 0.2) is 0 Å². The summed E-state index contributed by atoms with van der Waals surface area (Å²) in [4.78, 5) is 49.9. The lowest BCUT2D eigenvalue weighted by molar-refractivity contribution is -0.121. The molecule has 4 aromatic rings. The quantitative estimate of drug-likeness (QED) is 0.0880. The number of ether oxygens (including phenoxy) is 2. The summed E-state index contributed by atoms with van der Waals surface area (Å²) in [6.45, 7) is 9.02. The van der Waals surface area contributed by atoms with Crippen LogP contribution in [0.1, 0.15) is 100 Å². The van der Waals surface area contributed by atoms with Gasteiger partial charge in [-0.3, -0.25) is 9.59 Å². The highest BCUT2D eigenvalue weighted by Gasteiger charge is 2.23. The molecule has 0 unspecified atom stereocenters. The molecule has 1 saturated heterocycles. The average molecular weight is 786 g/mol. The highest BCUT2D eigenvalue weighted by Crippen LogP contribution is 2.32. The number of carboxylic acids is 2. The molecule has 4 aromatic carbocycles. The third-order valence-electron chi connectivity index (χ3n) is 9.30. The second-order valence-electron chi connectivity index (χ2n) is 14.0. The summed E-state index contributed by atoms with van der Waals surface area (Å²) < 4.78 is 10.6. The molecule has 0 aliphatic carbocycles. The van der Waals surface area contributed by atoms with E-state index in [0.29, 0.717) is 47.6 Å². The Bertz CT molecular complexity index is 1940. The Morgan fingerprint density at radius 1 is 0.821 bits per heavy atom. The van der Waals surface area contributed by atoms with Crippen molar-refractivity contribution in [2.45, 2.75) is 65.3 Å². The summed E-state index contributed by atoms with van der Waals surface area (Å²) in [5, 5.41) is 24.7. The van der Waals surface area contributed by atoms with Crippen molar-refractivity contribution >= 4 is 41.0 Å². The number of nitrogens with one attached hydrogen (secondary N) is 2. The highest BCUT2D eigenvalue weighted by atomic mass is 35.5. The second-order valence-corrected chi connectivity index (χ2v) is 14.4. The van der Waals surface area contributed by atoms with Gasteiger partial charge in [0.25, 0.3) is 5.91 Å². The third-order valence-corrected chi connectivity index (χ3v) is 9.53. The minimum atomic E-state index is -1.04. The Kier molecular flexibility index (Phi) is 16.6. The minimum Gasteiger partial charge on any atom is -0.496 e. The molecule has 0 spiro atoms. The normalized spacial score (nSPS) is 12.9. The smallest absolute Gasteiger partial charge is 0.339 e. The number of hydrogen-bond donors (Lipinski definition) is 4. The zero-order valence-electron chi connectivity index (χ0n) is 32.5. The number of carbonyl (C=O) groups excluding carboxylic acids is 2. The SMILES string of the molecule is CCOc1cc(CC(=O)N[C@@H](CC(C)C)c2ccccc2N2CCCCC2)ccc1C(=O)O.COc1ccc(Cl)cc1C(=O)NCCc1ccc(C(=O)O)cc1. The van der Waals surface area contributed by atoms with Crippen molar-refractivity contribution < 1.29 is 38.9 Å². The fraction of sp³-hybridized carbons (Fsp3) is 0.364. The number of anilines is 1. The molecule has 1 fully saturated rings. The minimum absolute atomic E-state index is 0.0831. The standard InChI is InChI=1S/C27H36N2O4.C17H16ClNO4/c1-4-33-25-17-20(12-13-22(25)27(31)32)18-26(30)28-23(16-19(2)3)21-10-6-7-11-24(21)29-14-8-5-9-15-29;1-23-15-7-6-13(18)10-14(15)16(20)19-9-8-11-2-4-12(5-3-11)17(21)22/h6-7,10-13,17,19,23H,4-5,8-9,14-16,18H2,1-3H3,(H,28,30)(H,31,32);2-7,10H,8-9H2,1H3,(H,19,20)(H,21,22)/t23-;/m0./s1. The van der Waals surface area contributed by atoms with Crippen molar-refractivity contribution in [1.29, 1.82) is 0 Å². The van der Waals surface area contributed by atoms with Crippen LogP contribution < -0.4 is 25.0 Å². The van der Waals surface area contributed by atoms with E-state index >= 15 is 0 Å². The van der Waals surface area contributed by atoms with E-state index in [9.17, 15) is 24.3 Å². The molecular weight excluding hydrogens is 734 g/mol. The number of piperidine rings is 1. The summed E-state index contributed by atoms with van der Waals surface area (Å²) in [6.07, 6.45) is 5.27. The Balaban J connectivity index is 0.000000265. The van der Waals surface area contributed by atoms with Crippen LogP contribution in [0.3, 0.4) is 0 Å². The summed E-state index contributed by atoms with van der Waals surface area (Å²) in [5.41, 5.74) is 4.77. The number of methoxy groups -OCH3 is 1. The van der Waals surface area contributed by atoms with Gasteiger partial charge in [0, 0.05) is 30.3 Å². The third kappa shape index (κ3) is 12.8. The maximum absolute atomic E-state index is 13.1. The fourth-order valence-corrected chi connectivity index (χ4v) is 6.76. The molecule has 11 nitrogen and oxygen atoms in total. The monoisotopic (exact) mass is 785 g/mol. The van der Waals surface area contributed by atoms with Gasteiger partial charge in [0.2, 0.25) is 5.91 Å². The molecule has 1 aliphatic heterocycles. The summed E-state index contributed by atoms with van der Waals surface area (Å²) in [5.74, 6) is -1.18. The van der Waals surface area contributed by atoms with Crippen LogP contribution in [-0.2, 0) is 17.6 Å². The number of hydrogen-bond acceptors (Lipinski definition) is 7. The molecule has 1 atom stereocenters. The fourth-order valence-electron chi connectivity index (χ4n) is 6.59. The Hall–Kier alpha value is -5.55. The first-order chi connectivity index (χ1) is 26.9. The first-order valence-corrected chi connectivity index (χ1v) is 19.3. The molecule has 5 rings (SSSR count). The van der Waals surface area contributed by atoms with Gasteiger partial charge in [-0.2, -0.15) is 0 Å². The van der Waals surface area contributed by atoms with E-state index in [4.69, 9.17) is 26.2 Å². The van der Waals surface area contributed by atoms with Crippen molar-refractivity contribution in [3.63, 3.8) is 0 Å². The zero-order chi connectivity index (χ0) is 40.6. The van der Waals surface area contributed by atoms with E-state index in [0.717, 1.165) is 36.2 Å². The number of halogens is 1. The lowest BCUT2D eigenvalue weighted by Crippen LogP contribution is -2.34. The number of nitrogens with zero attached hydrogens (tertiary/aromatic N) is 1. The van der Waals surface area contributed by atoms with Gasteiger partial charge in [0.1, 0.15) is 17.1 Å². The van der Waals surface area contributed by atoms with Gasteiger partial charge in [0.05, 0.1) is 37.3 Å². The van der Waals surface area contributed by atoms with E-state index in [-0.39, 0.29) is 35.4 Å². The molecule has 56 heavy (non-hydrogen) atoms. The van der Waals surface area contributed by atoms with Crippen LogP contribution in [0.5, 0.6) is 11.5 Å². The molecule has 2 amide bonds. The van der Waals surface area contributed by atoms with Crippen LogP contribution >= 0.6 is 11.6 Å². The van der Waals surface area contributed by atoms with Crippen molar-refractivity contribution in [2.24, 2.45) is 5.92 Å². The summed E-state index contributed by atoms with van der Waals surface area (Å²) >= 11 is 5.90. The highest BCUT2D eigenvalue weighted by molar-refractivity contribution is 6.31. The van der Waals surface area contributed by atoms with Crippen LogP contribution in [-0.4, -0.2) is 67.3 Å². The van der Waals surface area contributed by atoms with Crippen molar-refractivity contribution in [3.05, 3.63) is 123 Å². The van der Waals surface area contributed by atoms with Crippen LogP contribution in [0.4, 0.5) is 5.69 Å². The molecule has 12 heteroatoms. The van der Waals surface area contributed by atoms with Crippen LogP contribution in [0.15, 0.2) is 84.9 Å². The van der Waals surface area contributed by atoms with E-state index < -0.39 is 11.9 Å². The van der Waals surface area contributed by atoms with Gasteiger partial charge in [-0.25, -0.2) is 9.59 Å². The molecule has 1 heterocycles. The number of benzene rings is 4. The Labute approximate surface area is 334 Å². The van der Waals surface area contributed by atoms with Crippen molar-refractivity contribution in [3.8, 4) is 11.5 Å². The van der Waals surface area contributed by atoms with Crippen LogP contribution in [0.2, 0.25) is 5.02 Å². The topological polar surface area (TPSA) is 154 Å². The molecule has 0 radical (unpaired) electrons. The molecule has 1 aliphatic rings. The van der Waals surface area contributed by atoms with E-state index in [2.05, 4.69) is 47.6 Å². The number of aromatic carboxylic acids is 2. The van der Waals surface area contributed by atoms with Gasteiger partial charge < -0.3 is 35.2 Å². The number of rotatable bonds is 16. The number of para-hydroxylation sites is 1. The van der Waals surface area contributed by atoms with Gasteiger partial charge >= 0.3 is 11.9 Å². The first-order valence-electron chi connectivity index (χ1n) is 19.0. The summed E-state index contributed by atoms with van der Waals surface area (Å²) in [7, 11) is 1.49. The molecule has 0 aromatic heterocycles. The van der Waals surface area contributed by atoms with Crippen molar-refractivity contribution in [1.82, 2.24) is 10.6 Å². The van der Waals surface area contributed by atoms with Gasteiger partial charge in [-0.05, 0) is 110 Å². The predicted molar refractivity (Wildman–Crippen MR) is 219 cm³/mol. The maximum atomic E-state index is 13.1. The van der Waals surface area contributed by atoms with E-state index in [1.165, 1.54) is 38.1 Å². The van der Waals surface area contributed by atoms with Gasteiger partial charge in [-0.1, -0.05) is 61.8 Å². The predicted octanol–water partition coefficient (Wildman–Crippen LogP) is 8.24. The van der Waals surface area contributed by atoms with E-state index in [1.54, 1.807) is 61.5 Å². The molecule has 0 saturated carbocycles. The second kappa shape index (κ2) is 21.5. The molecule has 4 N–H and O–H groups in total. The first kappa shape index (κ1) is 43.2. The molecule has 298 valence electrons. The molecular formula is C44H52ClN3O8. The number of carbonyl (C=O) groups is 4. The lowest BCUT2D eigenvalue weighted by atomic mass is 9.94. The number of amides is 2. The Morgan fingerprint density at radius 2 is 1.52 bits per heavy atom. The largest absolute Gasteiger partial charge is 0.496 e. The summed E-state index contributed by atoms with van der Waals surface area (Å²) in [6, 6.07) is 24.6. The Morgan fingerprint density at radius 3 is 2.16 bits per heavy atom. The average Bonchev–Trinajstić information content (AvgIpc) is 3.18. The van der Waals surface area contributed by atoms with Gasteiger partial charge in [-0.15, -0.1) is 0 Å². The van der Waals surface area contributed by atoms with Crippen molar-refractivity contribution in [2.75, 3.05) is 38.3 Å².